The molecule has 1 aromatic rings. The average Bonchev–Trinajstić information content (AvgIpc) is 2.48. The second-order valence-corrected chi connectivity index (χ2v) is 5.29. The molecule has 114 valence electrons. The highest BCUT2D eigenvalue weighted by Crippen LogP contribution is 2.22. The van der Waals surface area contributed by atoms with E-state index in [9.17, 15) is 14.9 Å². The van der Waals surface area contributed by atoms with Crippen molar-refractivity contribution in [2.24, 2.45) is 0 Å². The van der Waals surface area contributed by atoms with E-state index in [0.717, 1.165) is 25.8 Å². The number of nitrogens with zero attached hydrogens (tertiary/aromatic N) is 2. The highest BCUT2D eigenvalue weighted by Gasteiger charge is 2.29. The van der Waals surface area contributed by atoms with E-state index in [1.165, 1.54) is 6.07 Å². The Kier molecular flexibility index (Phi) is 5.27. The maximum Gasteiger partial charge on any atom is 0.274 e. The molecule has 1 atom stereocenters. The van der Waals surface area contributed by atoms with Crippen LogP contribution in [0.2, 0.25) is 0 Å². The number of piperidine rings is 1. The molecule has 1 heterocycles. The Morgan fingerprint density at radius 1 is 1.43 bits per heavy atom. The quantitative estimate of drug-likeness (QED) is 0.643. The summed E-state index contributed by atoms with van der Waals surface area (Å²) in [6, 6.07) is 6.46. The fourth-order valence-electron chi connectivity index (χ4n) is 2.63. The molecule has 0 aromatic heterocycles. The van der Waals surface area contributed by atoms with Crippen molar-refractivity contribution in [2.75, 3.05) is 13.1 Å². The van der Waals surface area contributed by atoms with Gasteiger partial charge in [0, 0.05) is 18.2 Å². The molecular weight excluding hydrogens is 270 g/mol. The first-order valence-electron chi connectivity index (χ1n) is 7.38. The summed E-state index contributed by atoms with van der Waals surface area (Å²) >= 11 is 0. The molecule has 0 saturated carbocycles. The zero-order chi connectivity index (χ0) is 15.2. The smallest absolute Gasteiger partial charge is 0.274 e. The molecular formula is C15H21N3O3. The molecule has 2 rings (SSSR count). The third-order valence-corrected chi connectivity index (χ3v) is 3.72. The molecule has 1 N–H and O–H groups in total. The summed E-state index contributed by atoms with van der Waals surface area (Å²) in [7, 11) is 0. The molecule has 0 radical (unpaired) electrons. The van der Waals surface area contributed by atoms with Crippen LogP contribution in [0.3, 0.4) is 0 Å². The summed E-state index contributed by atoms with van der Waals surface area (Å²) < 4.78 is 0. The molecule has 0 spiro atoms. The maximum absolute atomic E-state index is 12.4. The van der Waals surface area contributed by atoms with Gasteiger partial charge in [-0.3, -0.25) is 14.9 Å². The van der Waals surface area contributed by atoms with Crippen molar-refractivity contribution in [2.45, 2.75) is 38.8 Å². The molecule has 1 aliphatic rings. The van der Waals surface area contributed by atoms with Crippen LogP contribution in [0.25, 0.3) is 0 Å². The first-order chi connectivity index (χ1) is 10.1. The number of hydrogen-bond donors (Lipinski definition) is 1. The lowest BCUT2D eigenvalue weighted by Gasteiger charge is -2.32. The van der Waals surface area contributed by atoms with Crippen molar-refractivity contribution in [1.29, 1.82) is 0 Å². The van der Waals surface area contributed by atoms with Crippen LogP contribution in [-0.2, 0) is 11.3 Å². The van der Waals surface area contributed by atoms with Gasteiger partial charge in [-0.1, -0.05) is 25.1 Å². The summed E-state index contributed by atoms with van der Waals surface area (Å²) in [6.07, 6.45) is 2.74. The third-order valence-electron chi connectivity index (χ3n) is 3.72. The van der Waals surface area contributed by atoms with Crippen molar-refractivity contribution in [3.8, 4) is 0 Å². The Hall–Kier alpha value is -1.95. The van der Waals surface area contributed by atoms with E-state index in [2.05, 4.69) is 12.2 Å². The van der Waals surface area contributed by atoms with Crippen LogP contribution >= 0.6 is 0 Å². The molecule has 6 nitrogen and oxygen atoms in total. The number of nitrogens with one attached hydrogen (secondary N) is 1. The van der Waals surface area contributed by atoms with E-state index in [1.807, 2.05) is 0 Å². The molecule has 21 heavy (non-hydrogen) atoms. The topological polar surface area (TPSA) is 75.5 Å². The summed E-state index contributed by atoms with van der Waals surface area (Å²) in [4.78, 5) is 24.8. The zero-order valence-corrected chi connectivity index (χ0v) is 12.2. The molecule has 1 fully saturated rings. The average molecular weight is 291 g/mol. The van der Waals surface area contributed by atoms with E-state index in [1.54, 1.807) is 23.1 Å². The van der Waals surface area contributed by atoms with Gasteiger partial charge in [0.2, 0.25) is 5.91 Å². The van der Waals surface area contributed by atoms with E-state index in [0.29, 0.717) is 18.7 Å². The minimum atomic E-state index is -0.392. The van der Waals surface area contributed by atoms with Gasteiger partial charge in [-0.05, 0) is 25.8 Å². The van der Waals surface area contributed by atoms with Crippen molar-refractivity contribution < 1.29 is 9.72 Å². The predicted molar refractivity (Wildman–Crippen MR) is 79.8 cm³/mol. The van der Waals surface area contributed by atoms with Crippen LogP contribution in [-0.4, -0.2) is 34.9 Å². The van der Waals surface area contributed by atoms with Crippen LogP contribution in [0.5, 0.6) is 0 Å². The van der Waals surface area contributed by atoms with Crippen LogP contribution < -0.4 is 5.32 Å². The second kappa shape index (κ2) is 7.17. The van der Waals surface area contributed by atoms with Crippen LogP contribution in [0, 0.1) is 10.1 Å². The third kappa shape index (κ3) is 3.78. The van der Waals surface area contributed by atoms with Crippen molar-refractivity contribution in [3.05, 3.63) is 39.9 Å². The number of nitro groups is 1. The Morgan fingerprint density at radius 3 is 2.90 bits per heavy atom. The van der Waals surface area contributed by atoms with Gasteiger partial charge >= 0.3 is 0 Å². The van der Waals surface area contributed by atoms with Gasteiger partial charge < -0.3 is 10.2 Å². The number of amides is 1. The van der Waals surface area contributed by atoms with E-state index >= 15 is 0 Å². The van der Waals surface area contributed by atoms with Crippen LogP contribution in [0.15, 0.2) is 24.3 Å². The van der Waals surface area contributed by atoms with Crippen molar-refractivity contribution in [3.63, 3.8) is 0 Å². The molecule has 1 aliphatic heterocycles. The molecule has 1 unspecified atom stereocenters. The number of carbonyl (C=O) groups is 1. The lowest BCUT2D eigenvalue weighted by atomic mass is 10.0. The van der Waals surface area contributed by atoms with Gasteiger partial charge in [0.1, 0.15) is 0 Å². The summed E-state index contributed by atoms with van der Waals surface area (Å²) in [5, 5.41) is 14.3. The van der Waals surface area contributed by atoms with E-state index in [4.69, 9.17) is 0 Å². The minimum Gasteiger partial charge on any atom is -0.337 e. The highest BCUT2D eigenvalue weighted by molar-refractivity contribution is 5.82. The van der Waals surface area contributed by atoms with E-state index < -0.39 is 4.92 Å². The van der Waals surface area contributed by atoms with E-state index in [-0.39, 0.29) is 17.6 Å². The van der Waals surface area contributed by atoms with Gasteiger partial charge in [-0.15, -0.1) is 0 Å². The highest BCUT2D eigenvalue weighted by atomic mass is 16.6. The number of hydrogen-bond acceptors (Lipinski definition) is 4. The predicted octanol–water partition coefficient (Wildman–Crippen LogP) is 2.09. The second-order valence-electron chi connectivity index (χ2n) is 5.29. The number of nitro benzene ring substituents is 1. The molecule has 0 aliphatic carbocycles. The van der Waals surface area contributed by atoms with Gasteiger partial charge in [0.25, 0.3) is 5.69 Å². The summed E-state index contributed by atoms with van der Waals surface area (Å²) in [6.45, 7) is 3.84. The minimum absolute atomic E-state index is 0.0489. The number of likely N-dealkylation sites (tertiary alicyclic amines) is 1. The lowest BCUT2D eigenvalue weighted by molar-refractivity contribution is -0.385. The fraction of sp³-hybridized carbons (Fsp3) is 0.533. The maximum atomic E-state index is 12.4. The first kappa shape index (κ1) is 15.4. The van der Waals surface area contributed by atoms with Gasteiger partial charge in [0.05, 0.1) is 17.5 Å². The Labute approximate surface area is 124 Å². The van der Waals surface area contributed by atoms with Gasteiger partial charge in [-0.25, -0.2) is 0 Å². The molecule has 6 heteroatoms. The number of benzene rings is 1. The SMILES string of the molecule is CCCNC1CCCN(Cc2ccccc2[N+](=O)[O-])C1=O. The zero-order valence-electron chi connectivity index (χ0n) is 12.2. The molecule has 0 bridgehead atoms. The first-order valence-corrected chi connectivity index (χ1v) is 7.38. The van der Waals surface area contributed by atoms with Crippen molar-refractivity contribution >= 4 is 11.6 Å². The Balaban J connectivity index is 2.08. The van der Waals surface area contributed by atoms with Crippen LogP contribution in [0.1, 0.15) is 31.7 Å². The summed E-state index contributed by atoms with van der Waals surface area (Å²) in [5.74, 6) is 0.0489. The fourth-order valence-corrected chi connectivity index (χ4v) is 2.63. The van der Waals surface area contributed by atoms with Crippen molar-refractivity contribution in [1.82, 2.24) is 10.2 Å². The Bertz CT molecular complexity index is 519. The normalized spacial score (nSPS) is 18.8. The van der Waals surface area contributed by atoms with Gasteiger partial charge in [0.15, 0.2) is 0 Å². The lowest BCUT2D eigenvalue weighted by Crippen LogP contribution is -2.50. The number of rotatable bonds is 6. The number of carbonyl (C=O) groups excluding carboxylic acids is 1. The Morgan fingerprint density at radius 2 is 2.19 bits per heavy atom. The standard InChI is InChI=1S/C15H21N3O3/c1-2-9-16-13-7-5-10-17(15(13)19)11-12-6-3-4-8-14(12)18(20)21/h3-4,6,8,13,16H,2,5,7,9-11H2,1H3. The molecule has 1 amide bonds. The largest absolute Gasteiger partial charge is 0.337 e. The number of para-hydroxylation sites is 1. The van der Waals surface area contributed by atoms with Crippen LogP contribution in [0.4, 0.5) is 5.69 Å². The summed E-state index contributed by atoms with van der Waals surface area (Å²) in [5.41, 5.74) is 0.668. The molecule has 1 aromatic carbocycles. The van der Waals surface area contributed by atoms with Gasteiger partial charge in [-0.2, -0.15) is 0 Å². The monoisotopic (exact) mass is 291 g/mol. The molecule has 1 saturated heterocycles.